The number of hydrogen-bond acceptors (Lipinski definition) is 5. The van der Waals surface area contributed by atoms with E-state index in [0.717, 1.165) is 68.9 Å². The molecule has 1 aromatic carbocycles. The molecular weight excluding hydrogens is 418 g/mol. The summed E-state index contributed by atoms with van der Waals surface area (Å²) < 4.78 is 11.3. The first kappa shape index (κ1) is 23.9. The van der Waals surface area contributed by atoms with Crippen LogP contribution in [0.3, 0.4) is 0 Å². The van der Waals surface area contributed by atoms with Crippen molar-refractivity contribution in [3.63, 3.8) is 0 Å². The van der Waals surface area contributed by atoms with E-state index in [4.69, 9.17) is 9.47 Å². The Hall–Kier alpha value is -2.28. The van der Waals surface area contributed by atoms with Crippen molar-refractivity contribution < 1.29 is 19.1 Å². The number of rotatable bonds is 6. The SMILES string of the molecule is CC(C)C(NC(=O)CN1CCC(C(=O)N2CCCCCC2)CC1)c1ccc2c(c1)OCCO2. The molecule has 4 rings (SSSR count). The van der Waals surface area contributed by atoms with Crippen LogP contribution < -0.4 is 14.8 Å². The fourth-order valence-electron chi connectivity index (χ4n) is 5.20. The summed E-state index contributed by atoms with van der Waals surface area (Å²) in [6, 6.07) is 5.84. The normalized spacial score (nSPS) is 20.9. The molecule has 0 radical (unpaired) electrons. The molecule has 0 spiro atoms. The van der Waals surface area contributed by atoms with Gasteiger partial charge in [-0.3, -0.25) is 14.5 Å². The molecule has 3 heterocycles. The Kier molecular flexibility index (Phi) is 8.12. The summed E-state index contributed by atoms with van der Waals surface area (Å²) in [5.41, 5.74) is 1.03. The topological polar surface area (TPSA) is 71.1 Å². The highest BCUT2D eigenvalue weighted by molar-refractivity contribution is 5.80. The second-order valence-electron chi connectivity index (χ2n) is 9.98. The Balaban J connectivity index is 1.28. The average Bonchev–Trinajstić information content (AvgIpc) is 3.12. The number of piperidine rings is 1. The Morgan fingerprint density at radius 1 is 0.970 bits per heavy atom. The number of nitrogens with one attached hydrogen (secondary N) is 1. The largest absolute Gasteiger partial charge is 0.486 e. The second kappa shape index (κ2) is 11.2. The quantitative estimate of drug-likeness (QED) is 0.709. The number of carbonyl (C=O) groups excluding carboxylic acids is 2. The van der Waals surface area contributed by atoms with Crippen LogP contribution in [0.5, 0.6) is 11.5 Å². The molecule has 2 saturated heterocycles. The molecule has 7 heteroatoms. The second-order valence-corrected chi connectivity index (χ2v) is 9.98. The Morgan fingerprint density at radius 3 is 2.30 bits per heavy atom. The third-order valence-corrected chi connectivity index (χ3v) is 7.13. The maximum Gasteiger partial charge on any atom is 0.234 e. The van der Waals surface area contributed by atoms with Gasteiger partial charge in [0, 0.05) is 19.0 Å². The number of hydrogen-bond donors (Lipinski definition) is 1. The van der Waals surface area contributed by atoms with E-state index >= 15 is 0 Å². The first-order valence-corrected chi connectivity index (χ1v) is 12.7. The summed E-state index contributed by atoms with van der Waals surface area (Å²) in [4.78, 5) is 30.1. The van der Waals surface area contributed by atoms with Crippen LogP contribution in [0.2, 0.25) is 0 Å². The maximum atomic E-state index is 12.9. The summed E-state index contributed by atoms with van der Waals surface area (Å²) >= 11 is 0. The Morgan fingerprint density at radius 2 is 1.64 bits per heavy atom. The summed E-state index contributed by atoms with van der Waals surface area (Å²) in [6.07, 6.45) is 6.43. The van der Waals surface area contributed by atoms with E-state index in [1.807, 2.05) is 18.2 Å². The lowest BCUT2D eigenvalue weighted by Gasteiger charge is -2.34. The van der Waals surface area contributed by atoms with Gasteiger partial charge in [0.1, 0.15) is 13.2 Å². The monoisotopic (exact) mass is 457 g/mol. The minimum Gasteiger partial charge on any atom is -0.486 e. The lowest BCUT2D eigenvalue weighted by atomic mass is 9.94. The Labute approximate surface area is 197 Å². The summed E-state index contributed by atoms with van der Waals surface area (Å²) in [5.74, 6) is 2.23. The molecule has 2 fully saturated rings. The van der Waals surface area contributed by atoms with Gasteiger partial charge in [0.25, 0.3) is 0 Å². The highest BCUT2D eigenvalue weighted by Crippen LogP contribution is 2.34. The predicted molar refractivity (Wildman–Crippen MR) is 127 cm³/mol. The molecule has 3 aliphatic heterocycles. The highest BCUT2D eigenvalue weighted by atomic mass is 16.6. The smallest absolute Gasteiger partial charge is 0.234 e. The van der Waals surface area contributed by atoms with Crippen molar-refractivity contribution in [3.05, 3.63) is 23.8 Å². The first-order valence-electron chi connectivity index (χ1n) is 12.7. The van der Waals surface area contributed by atoms with Gasteiger partial charge in [-0.05, 0) is 62.4 Å². The molecule has 33 heavy (non-hydrogen) atoms. The van der Waals surface area contributed by atoms with Gasteiger partial charge in [-0.1, -0.05) is 32.8 Å². The lowest BCUT2D eigenvalue weighted by molar-refractivity contribution is -0.137. The number of benzene rings is 1. The zero-order chi connectivity index (χ0) is 23.2. The number of carbonyl (C=O) groups is 2. The lowest BCUT2D eigenvalue weighted by Crippen LogP contribution is -2.46. The molecule has 1 atom stereocenters. The van der Waals surface area contributed by atoms with E-state index in [1.165, 1.54) is 12.8 Å². The summed E-state index contributed by atoms with van der Waals surface area (Å²) in [5, 5.41) is 3.23. The van der Waals surface area contributed by atoms with Crippen LogP contribution >= 0.6 is 0 Å². The van der Waals surface area contributed by atoms with Crippen molar-refractivity contribution in [3.8, 4) is 11.5 Å². The Bertz CT molecular complexity index is 812. The van der Waals surface area contributed by atoms with Crippen molar-refractivity contribution in [2.75, 3.05) is 45.9 Å². The molecule has 3 aliphatic rings. The molecule has 7 nitrogen and oxygen atoms in total. The fraction of sp³-hybridized carbons (Fsp3) is 0.692. The van der Waals surface area contributed by atoms with Gasteiger partial charge in [0.05, 0.1) is 12.6 Å². The van der Waals surface area contributed by atoms with Gasteiger partial charge in [-0.25, -0.2) is 0 Å². The molecule has 0 bridgehead atoms. The van der Waals surface area contributed by atoms with E-state index in [9.17, 15) is 9.59 Å². The van der Waals surface area contributed by atoms with Crippen molar-refractivity contribution in [2.45, 2.75) is 58.4 Å². The molecule has 1 unspecified atom stereocenters. The summed E-state index contributed by atoms with van der Waals surface area (Å²) in [7, 11) is 0. The summed E-state index contributed by atoms with van der Waals surface area (Å²) in [6.45, 7) is 9.14. The molecule has 0 aliphatic carbocycles. The number of ether oxygens (including phenoxy) is 2. The number of nitrogens with zero attached hydrogens (tertiary/aromatic N) is 2. The van der Waals surface area contributed by atoms with Crippen LogP contribution in [0.25, 0.3) is 0 Å². The van der Waals surface area contributed by atoms with Crippen LogP contribution in [0, 0.1) is 11.8 Å². The van der Waals surface area contributed by atoms with Crippen molar-refractivity contribution in [2.24, 2.45) is 11.8 Å². The standard InChI is InChI=1S/C26H39N3O4/c1-19(2)25(21-7-8-22-23(17-21)33-16-15-32-22)27-24(30)18-28-13-9-20(10-14-28)26(31)29-11-5-3-4-6-12-29/h7-8,17,19-20,25H,3-6,9-16,18H2,1-2H3,(H,27,30). The van der Waals surface area contributed by atoms with E-state index in [1.54, 1.807) is 0 Å². The van der Waals surface area contributed by atoms with Crippen LogP contribution in [-0.2, 0) is 9.59 Å². The van der Waals surface area contributed by atoms with Gasteiger partial charge in [0.15, 0.2) is 11.5 Å². The van der Waals surface area contributed by atoms with Crippen LogP contribution in [0.1, 0.15) is 64.0 Å². The minimum atomic E-state index is -0.0875. The highest BCUT2D eigenvalue weighted by Gasteiger charge is 2.30. The molecule has 2 amide bonds. The molecule has 1 N–H and O–H groups in total. The van der Waals surface area contributed by atoms with Gasteiger partial charge in [0.2, 0.25) is 11.8 Å². The van der Waals surface area contributed by atoms with Crippen LogP contribution in [0.15, 0.2) is 18.2 Å². The van der Waals surface area contributed by atoms with Gasteiger partial charge in [-0.2, -0.15) is 0 Å². The van der Waals surface area contributed by atoms with E-state index in [2.05, 4.69) is 29.0 Å². The number of fused-ring (bicyclic) bond motifs is 1. The van der Waals surface area contributed by atoms with Crippen molar-refractivity contribution in [1.29, 1.82) is 0 Å². The zero-order valence-electron chi connectivity index (χ0n) is 20.2. The molecular formula is C26H39N3O4. The van der Waals surface area contributed by atoms with E-state index in [-0.39, 0.29) is 23.8 Å². The number of amides is 2. The van der Waals surface area contributed by atoms with Crippen molar-refractivity contribution in [1.82, 2.24) is 15.1 Å². The zero-order valence-corrected chi connectivity index (χ0v) is 20.2. The fourth-order valence-corrected chi connectivity index (χ4v) is 5.20. The first-order chi connectivity index (χ1) is 16.0. The predicted octanol–water partition coefficient (Wildman–Crippen LogP) is 3.39. The average molecular weight is 458 g/mol. The minimum absolute atomic E-state index is 0.0286. The molecule has 0 saturated carbocycles. The van der Waals surface area contributed by atoms with E-state index in [0.29, 0.717) is 25.7 Å². The maximum absolute atomic E-state index is 12.9. The molecule has 0 aromatic heterocycles. The number of likely N-dealkylation sites (tertiary alicyclic amines) is 2. The third kappa shape index (κ3) is 6.19. The van der Waals surface area contributed by atoms with Gasteiger partial charge >= 0.3 is 0 Å². The van der Waals surface area contributed by atoms with Crippen molar-refractivity contribution >= 4 is 11.8 Å². The van der Waals surface area contributed by atoms with E-state index < -0.39 is 0 Å². The third-order valence-electron chi connectivity index (χ3n) is 7.13. The molecule has 1 aromatic rings. The van der Waals surface area contributed by atoms with Gasteiger partial charge in [-0.15, -0.1) is 0 Å². The van der Waals surface area contributed by atoms with Crippen LogP contribution in [-0.4, -0.2) is 67.6 Å². The van der Waals surface area contributed by atoms with Gasteiger partial charge < -0.3 is 19.7 Å². The van der Waals surface area contributed by atoms with Crippen LogP contribution in [0.4, 0.5) is 0 Å². The molecule has 182 valence electrons.